The van der Waals surface area contributed by atoms with E-state index in [1.54, 1.807) is 13.1 Å². The zero-order valence-corrected chi connectivity index (χ0v) is 11.8. The highest BCUT2D eigenvalue weighted by molar-refractivity contribution is 5.60. The Balaban J connectivity index is 2.12. The molecule has 2 heterocycles. The molecule has 1 aromatic heterocycles. The number of anilines is 2. The number of nitrogens with zero attached hydrogens (tertiary/aromatic N) is 2. The summed E-state index contributed by atoms with van der Waals surface area (Å²) in [6.45, 7) is 4.29. The monoisotopic (exact) mass is 280 g/mol. The first-order valence-electron chi connectivity index (χ1n) is 6.69. The minimum atomic E-state index is -0.416. The van der Waals surface area contributed by atoms with Crippen molar-refractivity contribution < 1.29 is 9.66 Å². The molecule has 1 fully saturated rings. The first-order valence-corrected chi connectivity index (χ1v) is 6.69. The van der Waals surface area contributed by atoms with Gasteiger partial charge in [0.1, 0.15) is 5.82 Å². The highest BCUT2D eigenvalue weighted by atomic mass is 16.6. The lowest BCUT2D eigenvalue weighted by Gasteiger charge is -2.33. The summed E-state index contributed by atoms with van der Waals surface area (Å²) in [5, 5.41) is 17.1. The van der Waals surface area contributed by atoms with Gasteiger partial charge in [0.2, 0.25) is 5.82 Å². The van der Waals surface area contributed by atoms with Gasteiger partial charge in [-0.2, -0.15) is 0 Å². The number of nitro groups is 1. The van der Waals surface area contributed by atoms with Crippen molar-refractivity contribution in [3.63, 3.8) is 0 Å². The fraction of sp³-hybridized carbons (Fsp3) is 0.615. The Morgan fingerprint density at radius 2 is 2.15 bits per heavy atom. The second-order valence-corrected chi connectivity index (χ2v) is 5.35. The van der Waals surface area contributed by atoms with Gasteiger partial charge in [0.25, 0.3) is 0 Å². The average Bonchev–Trinajstić information content (AvgIpc) is 2.45. The van der Waals surface area contributed by atoms with Gasteiger partial charge in [0.15, 0.2) is 0 Å². The number of ether oxygens (including phenoxy) is 1. The lowest BCUT2D eigenvalue weighted by molar-refractivity contribution is -0.384. The van der Waals surface area contributed by atoms with Gasteiger partial charge in [0.05, 0.1) is 4.92 Å². The first-order chi connectivity index (χ1) is 9.54. The Bertz CT molecular complexity index is 487. The molecule has 20 heavy (non-hydrogen) atoms. The second-order valence-electron chi connectivity index (χ2n) is 5.35. The molecule has 1 aliphatic rings. The molecule has 0 atom stereocenters. The van der Waals surface area contributed by atoms with E-state index < -0.39 is 4.92 Å². The minimum Gasteiger partial charge on any atom is -0.381 e. The molecule has 1 saturated heterocycles. The second kappa shape index (κ2) is 6.04. The van der Waals surface area contributed by atoms with E-state index in [1.165, 1.54) is 6.07 Å². The van der Waals surface area contributed by atoms with E-state index in [-0.39, 0.29) is 11.1 Å². The van der Waals surface area contributed by atoms with E-state index in [9.17, 15) is 10.1 Å². The van der Waals surface area contributed by atoms with Gasteiger partial charge in [-0.25, -0.2) is 4.98 Å². The largest absolute Gasteiger partial charge is 0.381 e. The minimum absolute atomic E-state index is 0.000315. The lowest BCUT2D eigenvalue weighted by Crippen LogP contribution is -2.33. The standard InChI is InChI=1S/C13H20N4O3/c1-13(5-7-20-8-6-13)9-15-12-10(17(18)19)3-4-11(14-2)16-12/h3-4H,5-9H2,1-2H3,(H2,14,15,16). The number of aromatic nitrogens is 1. The van der Waals surface area contributed by atoms with Crippen LogP contribution in [0.4, 0.5) is 17.3 Å². The Hall–Kier alpha value is -1.89. The number of rotatable bonds is 5. The van der Waals surface area contributed by atoms with Gasteiger partial charge in [0, 0.05) is 32.9 Å². The number of pyridine rings is 1. The number of hydrogen-bond donors (Lipinski definition) is 2. The van der Waals surface area contributed by atoms with E-state index in [0.29, 0.717) is 18.2 Å². The molecule has 1 aliphatic heterocycles. The molecule has 0 aliphatic carbocycles. The molecule has 0 bridgehead atoms. The lowest BCUT2D eigenvalue weighted by atomic mass is 9.82. The molecule has 1 aromatic rings. The van der Waals surface area contributed by atoms with Gasteiger partial charge < -0.3 is 15.4 Å². The molecular formula is C13H20N4O3. The van der Waals surface area contributed by atoms with Crippen LogP contribution in [-0.2, 0) is 4.74 Å². The van der Waals surface area contributed by atoms with Crippen LogP contribution in [0, 0.1) is 15.5 Å². The van der Waals surface area contributed by atoms with E-state index in [4.69, 9.17) is 4.74 Å². The van der Waals surface area contributed by atoms with Crippen molar-refractivity contribution in [2.45, 2.75) is 19.8 Å². The molecule has 0 amide bonds. The molecule has 2 rings (SSSR count). The van der Waals surface area contributed by atoms with Gasteiger partial charge >= 0.3 is 5.69 Å². The third-order valence-electron chi connectivity index (χ3n) is 3.71. The SMILES string of the molecule is CNc1ccc([N+](=O)[O-])c(NCC2(C)CCOCC2)n1. The molecule has 7 nitrogen and oxygen atoms in total. The fourth-order valence-corrected chi connectivity index (χ4v) is 2.21. The Kier molecular flexibility index (Phi) is 4.39. The van der Waals surface area contributed by atoms with Crippen LogP contribution < -0.4 is 10.6 Å². The van der Waals surface area contributed by atoms with Gasteiger partial charge in [-0.05, 0) is 24.3 Å². The van der Waals surface area contributed by atoms with Crippen molar-refractivity contribution in [3.05, 3.63) is 22.2 Å². The molecule has 0 unspecified atom stereocenters. The third kappa shape index (κ3) is 3.36. The maximum atomic E-state index is 11.0. The van der Waals surface area contributed by atoms with Crippen LogP contribution in [0.2, 0.25) is 0 Å². The molecular weight excluding hydrogens is 260 g/mol. The van der Waals surface area contributed by atoms with Gasteiger partial charge in [-0.15, -0.1) is 0 Å². The zero-order chi connectivity index (χ0) is 14.6. The zero-order valence-electron chi connectivity index (χ0n) is 11.8. The summed E-state index contributed by atoms with van der Waals surface area (Å²) in [4.78, 5) is 14.9. The Morgan fingerprint density at radius 3 is 2.75 bits per heavy atom. The van der Waals surface area contributed by atoms with E-state index >= 15 is 0 Å². The maximum absolute atomic E-state index is 11.0. The summed E-state index contributed by atoms with van der Waals surface area (Å²) < 4.78 is 5.35. The summed E-state index contributed by atoms with van der Waals surface area (Å²) in [7, 11) is 1.73. The molecule has 7 heteroatoms. The molecule has 2 N–H and O–H groups in total. The normalized spacial score (nSPS) is 17.5. The van der Waals surface area contributed by atoms with Crippen LogP contribution in [0.5, 0.6) is 0 Å². The summed E-state index contributed by atoms with van der Waals surface area (Å²) in [5.74, 6) is 0.921. The van der Waals surface area contributed by atoms with Crippen molar-refractivity contribution in [3.8, 4) is 0 Å². The van der Waals surface area contributed by atoms with Crippen molar-refractivity contribution in [1.29, 1.82) is 0 Å². The number of nitrogens with one attached hydrogen (secondary N) is 2. The third-order valence-corrected chi connectivity index (χ3v) is 3.71. The summed E-state index contributed by atoms with van der Waals surface area (Å²) in [6.07, 6.45) is 1.89. The van der Waals surface area contributed by atoms with Crippen LogP contribution in [0.1, 0.15) is 19.8 Å². The summed E-state index contributed by atoms with van der Waals surface area (Å²) in [5.41, 5.74) is 0.0864. The van der Waals surface area contributed by atoms with Crippen LogP contribution >= 0.6 is 0 Å². The highest BCUT2D eigenvalue weighted by Crippen LogP contribution is 2.31. The Labute approximate surface area is 117 Å². The summed E-state index contributed by atoms with van der Waals surface area (Å²) in [6, 6.07) is 3.06. The number of hydrogen-bond acceptors (Lipinski definition) is 6. The average molecular weight is 280 g/mol. The van der Waals surface area contributed by atoms with Gasteiger partial charge in [-0.1, -0.05) is 6.92 Å². The molecule has 110 valence electrons. The van der Waals surface area contributed by atoms with Crippen molar-refractivity contribution in [2.24, 2.45) is 5.41 Å². The quantitative estimate of drug-likeness (QED) is 0.635. The highest BCUT2D eigenvalue weighted by Gasteiger charge is 2.28. The summed E-state index contributed by atoms with van der Waals surface area (Å²) >= 11 is 0. The van der Waals surface area contributed by atoms with Crippen molar-refractivity contribution in [1.82, 2.24) is 4.98 Å². The Morgan fingerprint density at radius 1 is 1.45 bits per heavy atom. The molecule has 0 spiro atoms. The van der Waals surface area contributed by atoms with Crippen LogP contribution in [0.15, 0.2) is 12.1 Å². The molecule has 0 radical (unpaired) electrons. The first kappa shape index (κ1) is 14.5. The van der Waals surface area contributed by atoms with E-state index in [0.717, 1.165) is 26.1 Å². The van der Waals surface area contributed by atoms with Crippen LogP contribution in [0.25, 0.3) is 0 Å². The van der Waals surface area contributed by atoms with Crippen LogP contribution in [-0.4, -0.2) is 36.7 Å². The molecule has 0 saturated carbocycles. The van der Waals surface area contributed by atoms with Crippen LogP contribution in [0.3, 0.4) is 0 Å². The fourth-order valence-electron chi connectivity index (χ4n) is 2.21. The topological polar surface area (TPSA) is 89.3 Å². The maximum Gasteiger partial charge on any atom is 0.311 e. The van der Waals surface area contributed by atoms with Crippen molar-refractivity contribution in [2.75, 3.05) is 37.4 Å². The molecule has 0 aromatic carbocycles. The smallest absolute Gasteiger partial charge is 0.311 e. The van der Waals surface area contributed by atoms with E-state index in [2.05, 4.69) is 22.5 Å². The predicted molar refractivity (Wildman–Crippen MR) is 77.1 cm³/mol. The van der Waals surface area contributed by atoms with E-state index in [1.807, 2.05) is 0 Å². The van der Waals surface area contributed by atoms with Gasteiger partial charge in [-0.3, -0.25) is 10.1 Å². The van der Waals surface area contributed by atoms with Crippen molar-refractivity contribution >= 4 is 17.3 Å². The predicted octanol–water partition coefficient (Wildman–Crippen LogP) is 2.26.